The number of aromatic nitrogens is 1. The Morgan fingerprint density at radius 2 is 1.94 bits per heavy atom. The van der Waals surface area contributed by atoms with Gasteiger partial charge < -0.3 is 15.2 Å². The van der Waals surface area contributed by atoms with Crippen LogP contribution in [-0.2, 0) is 0 Å². The first kappa shape index (κ1) is 12.5. The summed E-state index contributed by atoms with van der Waals surface area (Å²) < 4.78 is 5.27. The van der Waals surface area contributed by atoms with Crippen molar-refractivity contribution < 1.29 is 4.52 Å². The van der Waals surface area contributed by atoms with Gasteiger partial charge in [-0.15, -0.1) is 0 Å². The minimum atomic E-state index is 0.407. The maximum absolute atomic E-state index is 5.62. The van der Waals surface area contributed by atoms with Gasteiger partial charge in [0.25, 0.3) is 0 Å². The molecule has 4 heteroatoms. The summed E-state index contributed by atoms with van der Waals surface area (Å²) in [6, 6.07) is 8.14. The minimum absolute atomic E-state index is 0.407. The molecule has 2 aromatic rings. The third-order valence-corrected chi connectivity index (χ3v) is 2.96. The predicted molar refractivity (Wildman–Crippen MR) is 74.8 cm³/mol. The number of anilines is 2. The molecule has 2 N–H and O–H groups in total. The van der Waals surface area contributed by atoms with Crippen LogP contribution in [0, 0.1) is 0 Å². The number of hydrogen-bond donors (Lipinski definition) is 1. The maximum Gasteiger partial charge on any atom is 0.171 e. The van der Waals surface area contributed by atoms with Crippen molar-refractivity contribution in [2.24, 2.45) is 0 Å². The Labute approximate surface area is 107 Å². The van der Waals surface area contributed by atoms with Crippen LogP contribution in [0.3, 0.4) is 0 Å². The van der Waals surface area contributed by atoms with Crippen molar-refractivity contribution in [3.63, 3.8) is 0 Å². The highest BCUT2D eigenvalue weighted by Crippen LogP contribution is 2.33. The lowest BCUT2D eigenvalue weighted by molar-refractivity contribution is 0.436. The smallest absolute Gasteiger partial charge is 0.171 e. The molecular weight excluding hydrogens is 226 g/mol. The van der Waals surface area contributed by atoms with Crippen LogP contribution in [0.4, 0.5) is 11.5 Å². The predicted octanol–water partition coefficient (Wildman–Crippen LogP) is 3.11. The molecule has 1 heterocycles. The molecule has 0 aliphatic rings. The third-order valence-electron chi connectivity index (χ3n) is 2.96. The number of rotatable bonds is 3. The van der Waals surface area contributed by atoms with E-state index in [-0.39, 0.29) is 0 Å². The highest BCUT2D eigenvalue weighted by molar-refractivity contribution is 5.77. The summed E-state index contributed by atoms with van der Waals surface area (Å²) in [6.45, 7) is 4.34. The summed E-state index contributed by atoms with van der Waals surface area (Å²) in [6.07, 6.45) is 0. The molecule has 0 aliphatic heterocycles. The van der Waals surface area contributed by atoms with E-state index in [0.29, 0.717) is 17.5 Å². The summed E-state index contributed by atoms with van der Waals surface area (Å²) in [5.41, 5.74) is 9.01. The fourth-order valence-electron chi connectivity index (χ4n) is 1.92. The van der Waals surface area contributed by atoms with Crippen LogP contribution in [0.1, 0.15) is 25.3 Å². The molecule has 4 nitrogen and oxygen atoms in total. The van der Waals surface area contributed by atoms with Gasteiger partial charge in [0.1, 0.15) is 0 Å². The second kappa shape index (κ2) is 4.72. The molecule has 1 aromatic carbocycles. The average Bonchev–Trinajstić information content (AvgIpc) is 2.74. The van der Waals surface area contributed by atoms with Crippen LogP contribution in [0.2, 0.25) is 0 Å². The van der Waals surface area contributed by atoms with E-state index in [0.717, 1.165) is 11.3 Å². The summed E-state index contributed by atoms with van der Waals surface area (Å²) in [5, 5.41) is 3.75. The van der Waals surface area contributed by atoms with Gasteiger partial charge in [0, 0.05) is 31.4 Å². The van der Waals surface area contributed by atoms with E-state index in [1.54, 1.807) is 6.07 Å². The molecule has 0 radical (unpaired) electrons. The SMILES string of the molecule is CC(C)c1ccc(N(C)C)c(-c2cc(N)no2)c1. The first-order valence-corrected chi connectivity index (χ1v) is 6.03. The average molecular weight is 245 g/mol. The quantitative estimate of drug-likeness (QED) is 0.902. The lowest BCUT2D eigenvalue weighted by Gasteiger charge is -2.18. The van der Waals surface area contributed by atoms with E-state index in [4.69, 9.17) is 10.3 Å². The number of nitrogen functional groups attached to an aromatic ring is 1. The van der Waals surface area contributed by atoms with Crippen LogP contribution in [0.25, 0.3) is 11.3 Å². The van der Waals surface area contributed by atoms with Crippen LogP contribution in [0.5, 0.6) is 0 Å². The van der Waals surface area contributed by atoms with Gasteiger partial charge in [0.15, 0.2) is 11.6 Å². The van der Waals surface area contributed by atoms with Crippen LogP contribution in [0.15, 0.2) is 28.8 Å². The fourth-order valence-corrected chi connectivity index (χ4v) is 1.92. The number of nitrogens with two attached hydrogens (primary N) is 1. The van der Waals surface area contributed by atoms with Gasteiger partial charge in [0.05, 0.1) is 0 Å². The Hall–Kier alpha value is -1.97. The molecule has 18 heavy (non-hydrogen) atoms. The zero-order chi connectivity index (χ0) is 13.3. The van der Waals surface area contributed by atoms with Crippen LogP contribution in [-0.4, -0.2) is 19.3 Å². The van der Waals surface area contributed by atoms with Crippen LogP contribution >= 0.6 is 0 Å². The van der Waals surface area contributed by atoms with Gasteiger partial charge in [0.2, 0.25) is 0 Å². The number of nitrogens with zero attached hydrogens (tertiary/aromatic N) is 2. The summed E-state index contributed by atoms with van der Waals surface area (Å²) in [4.78, 5) is 2.05. The molecule has 0 saturated carbocycles. The Morgan fingerprint density at radius 1 is 1.22 bits per heavy atom. The van der Waals surface area contributed by atoms with Gasteiger partial charge in [-0.1, -0.05) is 25.1 Å². The zero-order valence-corrected chi connectivity index (χ0v) is 11.3. The number of hydrogen-bond acceptors (Lipinski definition) is 4. The molecule has 0 atom stereocenters. The van der Waals surface area contributed by atoms with Gasteiger partial charge >= 0.3 is 0 Å². The van der Waals surface area contributed by atoms with Crippen molar-refractivity contribution in [1.29, 1.82) is 0 Å². The third kappa shape index (κ3) is 2.32. The zero-order valence-electron chi connectivity index (χ0n) is 11.3. The van der Waals surface area contributed by atoms with Gasteiger partial charge in [-0.2, -0.15) is 0 Å². The number of benzene rings is 1. The maximum atomic E-state index is 5.62. The van der Waals surface area contributed by atoms with E-state index < -0.39 is 0 Å². The van der Waals surface area contributed by atoms with E-state index in [1.165, 1.54) is 5.56 Å². The van der Waals surface area contributed by atoms with E-state index in [9.17, 15) is 0 Å². The first-order chi connectivity index (χ1) is 8.49. The molecule has 0 spiro atoms. The standard InChI is InChI=1S/C14H19N3O/c1-9(2)10-5-6-12(17(3)4)11(7-10)13-8-14(15)16-18-13/h5-9H,1-4H3,(H2,15,16). The molecule has 0 aliphatic carbocycles. The lowest BCUT2D eigenvalue weighted by Crippen LogP contribution is -2.10. The molecule has 0 bridgehead atoms. The molecular formula is C14H19N3O. The highest BCUT2D eigenvalue weighted by Gasteiger charge is 2.13. The van der Waals surface area contributed by atoms with Gasteiger partial charge in [-0.3, -0.25) is 0 Å². The largest absolute Gasteiger partial charge is 0.381 e. The molecule has 0 unspecified atom stereocenters. The summed E-state index contributed by atoms with van der Waals surface area (Å²) >= 11 is 0. The molecule has 1 aromatic heterocycles. The molecule has 0 fully saturated rings. The van der Waals surface area contributed by atoms with E-state index in [2.05, 4.69) is 42.1 Å². The monoisotopic (exact) mass is 245 g/mol. The normalized spacial score (nSPS) is 10.9. The molecule has 2 rings (SSSR count). The summed E-state index contributed by atoms with van der Waals surface area (Å²) in [7, 11) is 4.02. The fraction of sp³-hybridized carbons (Fsp3) is 0.357. The molecule has 96 valence electrons. The lowest BCUT2D eigenvalue weighted by atomic mass is 9.98. The van der Waals surface area contributed by atoms with Crippen molar-refractivity contribution in [2.45, 2.75) is 19.8 Å². The van der Waals surface area contributed by atoms with Gasteiger partial charge in [-0.25, -0.2) is 0 Å². The summed E-state index contributed by atoms with van der Waals surface area (Å²) in [5.74, 6) is 1.59. The van der Waals surface area contributed by atoms with Crippen molar-refractivity contribution in [1.82, 2.24) is 5.16 Å². The Kier molecular flexibility index (Phi) is 3.28. The Balaban J connectivity index is 2.57. The van der Waals surface area contributed by atoms with Crippen molar-refractivity contribution in [2.75, 3.05) is 24.7 Å². The van der Waals surface area contributed by atoms with Crippen LogP contribution < -0.4 is 10.6 Å². The second-order valence-electron chi connectivity index (χ2n) is 4.94. The Morgan fingerprint density at radius 3 is 2.44 bits per heavy atom. The van der Waals surface area contributed by atoms with E-state index >= 15 is 0 Å². The Bertz CT molecular complexity index is 544. The minimum Gasteiger partial charge on any atom is -0.381 e. The van der Waals surface area contributed by atoms with Crippen molar-refractivity contribution in [3.05, 3.63) is 29.8 Å². The topological polar surface area (TPSA) is 55.3 Å². The molecule has 0 saturated heterocycles. The second-order valence-corrected chi connectivity index (χ2v) is 4.94. The van der Waals surface area contributed by atoms with E-state index in [1.807, 2.05) is 14.1 Å². The van der Waals surface area contributed by atoms with Crippen molar-refractivity contribution in [3.8, 4) is 11.3 Å². The van der Waals surface area contributed by atoms with Crippen molar-refractivity contribution >= 4 is 11.5 Å². The highest BCUT2D eigenvalue weighted by atomic mass is 16.5. The first-order valence-electron chi connectivity index (χ1n) is 6.03. The van der Waals surface area contributed by atoms with Gasteiger partial charge in [-0.05, 0) is 23.6 Å². The molecule has 0 amide bonds.